The van der Waals surface area contributed by atoms with Gasteiger partial charge in [0.15, 0.2) is 0 Å². The van der Waals surface area contributed by atoms with E-state index in [4.69, 9.17) is 16.3 Å². The maximum atomic E-state index is 12.7. The minimum absolute atomic E-state index is 0.00883. The Hall–Kier alpha value is -3.32. The highest BCUT2D eigenvalue weighted by Gasteiger charge is 2.38. The molecule has 0 saturated heterocycles. The number of amides is 2. The van der Waals surface area contributed by atoms with E-state index < -0.39 is 17.8 Å². The zero-order chi connectivity index (χ0) is 19.6. The number of anilines is 2. The molecule has 0 saturated carbocycles. The first-order valence-electron chi connectivity index (χ1n) is 8.02. The Morgan fingerprint density at radius 1 is 1.07 bits per heavy atom. The van der Waals surface area contributed by atoms with Crippen LogP contribution in [0.5, 0.6) is 5.75 Å². The summed E-state index contributed by atoms with van der Waals surface area (Å²) in [4.78, 5) is 36.9. The molecule has 8 heteroatoms. The van der Waals surface area contributed by atoms with Gasteiger partial charge < -0.3 is 20.0 Å². The third-order valence-corrected chi connectivity index (χ3v) is 4.17. The summed E-state index contributed by atoms with van der Waals surface area (Å²) in [5, 5.41) is 13.3. The van der Waals surface area contributed by atoms with Crippen molar-refractivity contribution >= 4 is 40.8 Å². The first-order chi connectivity index (χ1) is 12.9. The van der Waals surface area contributed by atoms with Crippen molar-refractivity contribution < 1.29 is 24.2 Å². The molecule has 2 aromatic rings. The van der Waals surface area contributed by atoms with Crippen molar-refractivity contribution in [2.45, 2.75) is 6.92 Å². The number of aromatic carboxylic acids is 1. The summed E-state index contributed by atoms with van der Waals surface area (Å²) in [6, 6.07) is 12.0. The number of ether oxygens (including phenoxy) is 1. The van der Waals surface area contributed by atoms with Crippen LogP contribution in [-0.2, 0) is 9.59 Å². The summed E-state index contributed by atoms with van der Waals surface area (Å²) in [5.41, 5.74) is 0.667. The molecule has 1 aliphatic rings. The number of rotatable bonds is 6. The molecule has 0 unspecified atom stereocenters. The van der Waals surface area contributed by atoms with Crippen LogP contribution in [0.2, 0.25) is 0 Å². The van der Waals surface area contributed by atoms with Crippen LogP contribution in [0.25, 0.3) is 0 Å². The lowest BCUT2D eigenvalue weighted by atomic mass is 10.2. The SMILES string of the molecule is CCOc1ccc(N2C(=O)C(Cl)=C(Nc3ccc(C(=O)[O-])cc3)C2=O)cc1. The van der Waals surface area contributed by atoms with Crippen LogP contribution < -0.4 is 20.1 Å². The van der Waals surface area contributed by atoms with Crippen molar-refractivity contribution in [2.75, 3.05) is 16.8 Å². The first kappa shape index (κ1) is 18.5. The van der Waals surface area contributed by atoms with Crippen LogP contribution >= 0.6 is 11.6 Å². The number of halogens is 1. The Bertz CT molecular complexity index is 936. The van der Waals surface area contributed by atoms with E-state index >= 15 is 0 Å². The van der Waals surface area contributed by atoms with E-state index in [1.54, 1.807) is 24.3 Å². The summed E-state index contributed by atoms with van der Waals surface area (Å²) >= 11 is 6.06. The van der Waals surface area contributed by atoms with Crippen LogP contribution in [0.1, 0.15) is 17.3 Å². The molecule has 3 rings (SSSR count). The van der Waals surface area contributed by atoms with Gasteiger partial charge in [0.25, 0.3) is 11.8 Å². The van der Waals surface area contributed by atoms with E-state index in [2.05, 4.69) is 5.32 Å². The lowest BCUT2D eigenvalue weighted by Crippen LogP contribution is -2.32. The second kappa shape index (κ2) is 7.51. The Morgan fingerprint density at radius 3 is 2.26 bits per heavy atom. The van der Waals surface area contributed by atoms with Gasteiger partial charge in [-0.2, -0.15) is 0 Å². The summed E-state index contributed by atoms with van der Waals surface area (Å²) < 4.78 is 5.34. The number of hydrogen-bond donors (Lipinski definition) is 1. The van der Waals surface area contributed by atoms with E-state index in [-0.39, 0.29) is 16.3 Å². The molecule has 27 heavy (non-hydrogen) atoms. The van der Waals surface area contributed by atoms with Crippen LogP contribution in [0.4, 0.5) is 11.4 Å². The van der Waals surface area contributed by atoms with Crippen LogP contribution in [0.3, 0.4) is 0 Å². The molecule has 0 aromatic heterocycles. The highest BCUT2D eigenvalue weighted by Crippen LogP contribution is 2.31. The van der Waals surface area contributed by atoms with Gasteiger partial charge in [-0.05, 0) is 48.9 Å². The van der Waals surface area contributed by atoms with Gasteiger partial charge in [0.05, 0.1) is 18.3 Å². The minimum atomic E-state index is -1.31. The number of carbonyl (C=O) groups is 3. The average molecular weight is 386 g/mol. The van der Waals surface area contributed by atoms with Gasteiger partial charge in [-0.25, -0.2) is 4.90 Å². The molecule has 0 aliphatic carbocycles. The van der Waals surface area contributed by atoms with E-state index in [1.165, 1.54) is 24.3 Å². The zero-order valence-electron chi connectivity index (χ0n) is 14.2. The minimum Gasteiger partial charge on any atom is -0.545 e. The average Bonchev–Trinajstić information content (AvgIpc) is 2.87. The van der Waals surface area contributed by atoms with Crippen molar-refractivity contribution in [2.24, 2.45) is 0 Å². The van der Waals surface area contributed by atoms with E-state index in [9.17, 15) is 19.5 Å². The molecule has 1 N–H and O–H groups in total. The number of carboxylic acids is 1. The van der Waals surface area contributed by atoms with Crippen LogP contribution in [0, 0.1) is 0 Å². The van der Waals surface area contributed by atoms with Crippen LogP contribution in [0.15, 0.2) is 59.3 Å². The smallest absolute Gasteiger partial charge is 0.283 e. The number of nitrogens with zero attached hydrogens (tertiary/aromatic N) is 1. The monoisotopic (exact) mass is 385 g/mol. The number of benzene rings is 2. The fourth-order valence-corrected chi connectivity index (χ4v) is 2.75. The molecule has 0 spiro atoms. The highest BCUT2D eigenvalue weighted by molar-refractivity contribution is 6.53. The molecular formula is C19H14ClN2O5-. The molecule has 7 nitrogen and oxygen atoms in total. The molecule has 1 aliphatic heterocycles. The molecule has 0 radical (unpaired) electrons. The third-order valence-electron chi connectivity index (χ3n) is 3.82. The molecule has 1 heterocycles. The molecule has 138 valence electrons. The molecule has 2 aromatic carbocycles. The summed E-state index contributed by atoms with van der Waals surface area (Å²) in [5.74, 6) is -1.96. The topological polar surface area (TPSA) is 98.8 Å². The van der Waals surface area contributed by atoms with Gasteiger partial charge in [0.2, 0.25) is 0 Å². The van der Waals surface area contributed by atoms with E-state index in [0.29, 0.717) is 23.7 Å². The lowest BCUT2D eigenvalue weighted by Gasteiger charge is -2.15. The number of carboxylic acid groups (broad SMARTS) is 1. The standard InChI is InChI=1S/C19H15ClN2O5/c1-2-27-14-9-7-13(8-10-14)22-17(23)15(20)16(18(22)24)21-12-5-3-11(4-6-12)19(25)26/h3-10,21H,2H2,1H3,(H,25,26)/p-1. The maximum absolute atomic E-state index is 12.7. The maximum Gasteiger partial charge on any atom is 0.283 e. The lowest BCUT2D eigenvalue weighted by molar-refractivity contribution is -0.255. The predicted octanol–water partition coefficient (Wildman–Crippen LogP) is 1.88. The van der Waals surface area contributed by atoms with E-state index in [1.807, 2.05) is 6.92 Å². The van der Waals surface area contributed by atoms with Crippen LogP contribution in [-0.4, -0.2) is 24.4 Å². The third kappa shape index (κ3) is 3.63. The number of carbonyl (C=O) groups excluding carboxylic acids is 3. The van der Waals surface area contributed by atoms with Gasteiger partial charge in [0.1, 0.15) is 16.5 Å². The largest absolute Gasteiger partial charge is 0.545 e. The number of imide groups is 1. The summed E-state index contributed by atoms with van der Waals surface area (Å²) in [6.45, 7) is 2.35. The Kier molecular flexibility index (Phi) is 5.14. The van der Waals surface area contributed by atoms with Gasteiger partial charge in [-0.3, -0.25) is 9.59 Å². The second-order valence-electron chi connectivity index (χ2n) is 5.55. The van der Waals surface area contributed by atoms with Gasteiger partial charge >= 0.3 is 0 Å². The highest BCUT2D eigenvalue weighted by atomic mass is 35.5. The van der Waals surface area contributed by atoms with Crippen molar-refractivity contribution in [1.29, 1.82) is 0 Å². The van der Waals surface area contributed by atoms with Crippen molar-refractivity contribution in [3.63, 3.8) is 0 Å². The fraction of sp³-hybridized carbons (Fsp3) is 0.105. The van der Waals surface area contributed by atoms with Gasteiger partial charge in [0, 0.05) is 5.69 Å². The predicted molar refractivity (Wildman–Crippen MR) is 97.4 cm³/mol. The molecule has 0 fully saturated rings. The van der Waals surface area contributed by atoms with Crippen molar-refractivity contribution in [3.8, 4) is 5.75 Å². The molecule has 2 amide bonds. The Morgan fingerprint density at radius 2 is 1.70 bits per heavy atom. The quantitative estimate of drug-likeness (QED) is 0.762. The van der Waals surface area contributed by atoms with Crippen molar-refractivity contribution in [3.05, 3.63) is 64.8 Å². The Balaban J connectivity index is 1.82. The number of hydrogen-bond acceptors (Lipinski definition) is 6. The first-order valence-corrected chi connectivity index (χ1v) is 8.40. The van der Waals surface area contributed by atoms with Gasteiger partial charge in [-0.1, -0.05) is 23.7 Å². The molecular weight excluding hydrogens is 372 g/mol. The second-order valence-corrected chi connectivity index (χ2v) is 5.93. The fourth-order valence-electron chi connectivity index (χ4n) is 2.54. The summed E-state index contributed by atoms with van der Waals surface area (Å²) in [7, 11) is 0. The van der Waals surface area contributed by atoms with Crippen molar-refractivity contribution in [1.82, 2.24) is 0 Å². The normalized spacial score (nSPS) is 13.9. The summed E-state index contributed by atoms with van der Waals surface area (Å²) in [6.07, 6.45) is 0. The zero-order valence-corrected chi connectivity index (χ0v) is 14.9. The molecule has 0 atom stereocenters. The Labute approximate surface area is 159 Å². The van der Waals surface area contributed by atoms with E-state index in [0.717, 1.165) is 4.90 Å². The van der Waals surface area contributed by atoms with Gasteiger partial charge in [-0.15, -0.1) is 0 Å². The molecule has 0 bridgehead atoms. The number of nitrogens with one attached hydrogen (secondary N) is 1.